The summed E-state index contributed by atoms with van der Waals surface area (Å²) in [6, 6.07) is 18.1. The predicted molar refractivity (Wildman–Crippen MR) is 123 cm³/mol. The second-order valence-electron chi connectivity index (χ2n) is 8.55. The lowest BCUT2D eigenvalue weighted by molar-refractivity contribution is -0.148. The van der Waals surface area contributed by atoms with Gasteiger partial charge in [0.15, 0.2) is 6.29 Å². The molecule has 2 fully saturated rings. The maximum absolute atomic E-state index is 13.1. The minimum atomic E-state index is -0.602. The molecule has 10 nitrogen and oxygen atoms in total. The summed E-state index contributed by atoms with van der Waals surface area (Å²) < 4.78 is 5.48. The van der Waals surface area contributed by atoms with Crippen LogP contribution in [-0.2, 0) is 20.9 Å². The number of likely N-dealkylation sites (N-methyl/N-ethyl adjacent to an activating group) is 2. The second kappa shape index (κ2) is 8.88. The van der Waals surface area contributed by atoms with Crippen LogP contribution in [0.3, 0.4) is 0 Å². The van der Waals surface area contributed by atoms with E-state index in [0.29, 0.717) is 6.54 Å². The first-order chi connectivity index (χ1) is 16.4. The topological polar surface area (TPSA) is 97.8 Å². The molecule has 34 heavy (non-hydrogen) atoms. The highest BCUT2D eigenvalue weighted by atomic mass is 16.5. The van der Waals surface area contributed by atoms with Gasteiger partial charge in [-0.2, -0.15) is 5.10 Å². The van der Waals surface area contributed by atoms with Crippen molar-refractivity contribution in [2.45, 2.75) is 25.1 Å². The van der Waals surface area contributed by atoms with Crippen molar-refractivity contribution in [3.8, 4) is 0 Å². The Morgan fingerprint density at radius 1 is 1.06 bits per heavy atom. The van der Waals surface area contributed by atoms with Crippen molar-refractivity contribution >= 4 is 23.6 Å². The summed E-state index contributed by atoms with van der Waals surface area (Å²) >= 11 is 0. The number of ether oxygens (including phenoxy) is 1. The van der Waals surface area contributed by atoms with Crippen molar-refractivity contribution < 1.29 is 19.1 Å². The molecule has 3 atom stereocenters. The summed E-state index contributed by atoms with van der Waals surface area (Å²) in [5, 5.41) is 9.67. The molecule has 0 aliphatic carbocycles. The lowest BCUT2D eigenvalue weighted by atomic mass is 10.1. The van der Waals surface area contributed by atoms with Gasteiger partial charge < -0.3 is 9.64 Å². The fourth-order valence-corrected chi connectivity index (χ4v) is 4.60. The highest BCUT2D eigenvalue weighted by Crippen LogP contribution is 2.30. The Morgan fingerprint density at radius 2 is 1.74 bits per heavy atom. The summed E-state index contributed by atoms with van der Waals surface area (Å²) in [5.41, 5.74) is 2.52. The van der Waals surface area contributed by atoms with Gasteiger partial charge in [0.2, 0.25) is 0 Å². The summed E-state index contributed by atoms with van der Waals surface area (Å²) in [4.78, 5) is 42.9. The second-order valence-corrected chi connectivity index (χ2v) is 8.55. The number of hydrogen-bond donors (Lipinski definition) is 1. The Bertz CT molecular complexity index is 1120. The van der Waals surface area contributed by atoms with E-state index in [9.17, 15) is 14.4 Å². The van der Waals surface area contributed by atoms with E-state index in [1.54, 1.807) is 12.1 Å². The fourth-order valence-electron chi connectivity index (χ4n) is 4.60. The third kappa shape index (κ3) is 3.91. The Hall–Kier alpha value is -3.76. The Balaban J connectivity index is 1.41. The molecule has 3 heterocycles. The number of amides is 3. The molecule has 176 valence electrons. The van der Waals surface area contributed by atoms with Crippen LogP contribution < -0.4 is 5.32 Å². The first kappa shape index (κ1) is 22.1. The van der Waals surface area contributed by atoms with Crippen molar-refractivity contribution in [2.24, 2.45) is 5.10 Å². The highest BCUT2D eigenvalue weighted by molar-refractivity contribution is 6.04. The number of benzene rings is 2. The largest absolute Gasteiger partial charge is 0.459 e. The summed E-state index contributed by atoms with van der Waals surface area (Å²) in [5.74, 6) is -0.726. The van der Waals surface area contributed by atoms with Gasteiger partial charge in [0, 0.05) is 20.6 Å². The normalized spacial score (nSPS) is 24.6. The lowest BCUT2D eigenvalue weighted by Crippen LogP contribution is -2.65. The molecule has 5 rings (SSSR count). The number of fused-ring (bicyclic) bond motifs is 3. The summed E-state index contributed by atoms with van der Waals surface area (Å²) in [7, 11) is 3.14. The van der Waals surface area contributed by atoms with Crippen LogP contribution in [0.2, 0.25) is 0 Å². The fraction of sp³-hybridized carbons (Fsp3) is 0.333. The zero-order chi connectivity index (χ0) is 23.8. The predicted octanol–water partition coefficient (Wildman–Crippen LogP) is 0.857. The number of rotatable bonds is 5. The lowest BCUT2D eigenvalue weighted by Gasteiger charge is -2.41. The zero-order valence-corrected chi connectivity index (χ0v) is 19.0. The van der Waals surface area contributed by atoms with Crippen LogP contribution in [0.4, 0.5) is 4.79 Å². The first-order valence-corrected chi connectivity index (χ1v) is 11.1. The number of hydrazone groups is 1. The van der Waals surface area contributed by atoms with E-state index in [1.165, 1.54) is 11.9 Å². The minimum Gasteiger partial charge on any atom is -0.459 e. The van der Waals surface area contributed by atoms with Gasteiger partial charge in [0.05, 0.1) is 5.71 Å². The first-order valence-electron chi connectivity index (χ1n) is 11.1. The van der Waals surface area contributed by atoms with Gasteiger partial charge in [0.25, 0.3) is 5.91 Å². The quantitative estimate of drug-likeness (QED) is 0.658. The Labute approximate surface area is 197 Å². The molecule has 3 unspecified atom stereocenters. The standard InChI is InChI=1S/C24H26N6O4/c1-27-21-20(22(32)28(2)24(27)33)29-13-18(17-11-7-4-8-12-17)26-30(23(29)25-21)14-19(31)34-15-16-9-5-3-6-10-16/h3-12,20-21,23,25H,13-15H2,1-2H3. The average Bonchev–Trinajstić information content (AvgIpc) is 3.26. The third-order valence-corrected chi connectivity index (χ3v) is 6.38. The van der Waals surface area contributed by atoms with Gasteiger partial charge in [-0.05, 0) is 11.1 Å². The van der Waals surface area contributed by atoms with Crippen LogP contribution >= 0.6 is 0 Å². The molecular formula is C24H26N6O4. The van der Waals surface area contributed by atoms with Crippen LogP contribution in [0.25, 0.3) is 0 Å². The molecule has 2 aromatic carbocycles. The SMILES string of the molecule is CN1C(=O)C2C(NC3N(CC(=O)OCc4ccccc4)N=C(c4ccccc4)CN23)N(C)C1=O. The highest BCUT2D eigenvalue weighted by Gasteiger charge is 2.56. The Kier molecular flexibility index (Phi) is 5.76. The number of nitrogens with zero attached hydrogens (tertiary/aromatic N) is 5. The summed E-state index contributed by atoms with van der Waals surface area (Å²) in [6.45, 7) is 0.439. The van der Waals surface area contributed by atoms with E-state index in [2.05, 4.69) is 5.32 Å². The van der Waals surface area contributed by atoms with E-state index >= 15 is 0 Å². The van der Waals surface area contributed by atoms with Gasteiger partial charge >= 0.3 is 12.0 Å². The Morgan fingerprint density at radius 3 is 2.44 bits per heavy atom. The number of esters is 1. The van der Waals surface area contributed by atoms with Crippen LogP contribution in [0.5, 0.6) is 0 Å². The third-order valence-electron chi connectivity index (χ3n) is 6.38. The monoisotopic (exact) mass is 462 g/mol. The summed E-state index contributed by atoms with van der Waals surface area (Å²) in [6.07, 6.45) is -1.08. The van der Waals surface area contributed by atoms with Gasteiger partial charge in [-0.15, -0.1) is 0 Å². The van der Waals surface area contributed by atoms with E-state index in [-0.39, 0.29) is 25.1 Å². The molecule has 0 bridgehead atoms. The number of carbonyl (C=O) groups is 3. The van der Waals surface area contributed by atoms with Crippen molar-refractivity contribution in [1.29, 1.82) is 0 Å². The molecule has 3 aliphatic heterocycles. The number of urea groups is 1. The van der Waals surface area contributed by atoms with E-state index in [1.807, 2.05) is 65.6 Å². The maximum Gasteiger partial charge on any atom is 0.327 e. The average molecular weight is 463 g/mol. The van der Waals surface area contributed by atoms with Crippen molar-refractivity contribution in [1.82, 2.24) is 25.0 Å². The van der Waals surface area contributed by atoms with Crippen molar-refractivity contribution in [3.05, 3.63) is 71.8 Å². The number of carbonyl (C=O) groups excluding carboxylic acids is 3. The van der Waals surface area contributed by atoms with Gasteiger partial charge in [-0.25, -0.2) is 9.69 Å². The molecule has 0 spiro atoms. The smallest absolute Gasteiger partial charge is 0.327 e. The van der Waals surface area contributed by atoms with Crippen LogP contribution in [0.1, 0.15) is 11.1 Å². The molecule has 10 heteroatoms. The zero-order valence-electron chi connectivity index (χ0n) is 19.0. The van der Waals surface area contributed by atoms with Crippen LogP contribution in [-0.4, -0.2) is 89.0 Å². The number of nitrogens with one attached hydrogen (secondary N) is 1. The number of imide groups is 1. The van der Waals surface area contributed by atoms with Gasteiger partial charge in [-0.1, -0.05) is 60.7 Å². The molecular weight excluding hydrogens is 436 g/mol. The molecule has 0 saturated carbocycles. The molecule has 1 N–H and O–H groups in total. The molecule has 0 aromatic heterocycles. The molecule has 3 aliphatic rings. The van der Waals surface area contributed by atoms with Gasteiger partial charge in [-0.3, -0.25) is 24.8 Å². The molecule has 2 saturated heterocycles. The van der Waals surface area contributed by atoms with E-state index < -0.39 is 24.5 Å². The van der Waals surface area contributed by atoms with Crippen LogP contribution in [0.15, 0.2) is 65.8 Å². The van der Waals surface area contributed by atoms with Crippen molar-refractivity contribution in [3.63, 3.8) is 0 Å². The van der Waals surface area contributed by atoms with Gasteiger partial charge in [0.1, 0.15) is 25.4 Å². The molecule has 2 aromatic rings. The van der Waals surface area contributed by atoms with E-state index in [0.717, 1.165) is 21.7 Å². The molecule has 3 amide bonds. The van der Waals surface area contributed by atoms with Crippen molar-refractivity contribution in [2.75, 3.05) is 27.2 Å². The minimum absolute atomic E-state index is 0.113. The van der Waals surface area contributed by atoms with Crippen LogP contribution in [0, 0.1) is 0 Å². The number of hydrogen-bond acceptors (Lipinski definition) is 8. The molecule has 0 radical (unpaired) electrons. The maximum atomic E-state index is 13.1. The van der Waals surface area contributed by atoms with E-state index in [4.69, 9.17) is 9.84 Å².